The van der Waals surface area contributed by atoms with Crippen molar-refractivity contribution in [2.24, 2.45) is 11.7 Å². The van der Waals surface area contributed by atoms with Crippen LogP contribution in [-0.4, -0.2) is 18.8 Å². The summed E-state index contributed by atoms with van der Waals surface area (Å²) in [6.07, 6.45) is 7.73. The molecule has 0 radical (unpaired) electrons. The minimum absolute atomic E-state index is 0.642. The molecular formula is C13H24N2O. The van der Waals surface area contributed by atoms with Gasteiger partial charge in [0.25, 0.3) is 0 Å². The molecule has 92 valence electrons. The van der Waals surface area contributed by atoms with E-state index in [1.54, 1.807) is 0 Å². The van der Waals surface area contributed by atoms with Gasteiger partial charge >= 0.3 is 0 Å². The average Bonchev–Trinajstić information content (AvgIpc) is 2.81. The molecule has 16 heavy (non-hydrogen) atoms. The maximum atomic E-state index is 8.90. The van der Waals surface area contributed by atoms with Gasteiger partial charge in [-0.25, -0.2) is 0 Å². The summed E-state index contributed by atoms with van der Waals surface area (Å²) < 4.78 is 5.64. The molecule has 0 heterocycles. The Morgan fingerprint density at radius 1 is 1.44 bits per heavy atom. The van der Waals surface area contributed by atoms with Crippen molar-refractivity contribution in [2.75, 3.05) is 13.2 Å². The van der Waals surface area contributed by atoms with Crippen LogP contribution in [0.5, 0.6) is 0 Å². The van der Waals surface area contributed by atoms with E-state index < -0.39 is 5.54 Å². The van der Waals surface area contributed by atoms with E-state index in [9.17, 15) is 0 Å². The molecule has 0 aromatic carbocycles. The highest BCUT2D eigenvalue weighted by Crippen LogP contribution is 2.24. The number of hydrogen-bond donors (Lipinski definition) is 1. The number of ether oxygens (including phenoxy) is 1. The Bertz CT molecular complexity index is 231. The van der Waals surface area contributed by atoms with Crippen molar-refractivity contribution in [1.29, 1.82) is 5.26 Å². The molecule has 1 saturated carbocycles. The van der Waals surface area contributed by atoms with E-state index in [0.29, 0.717) is 6.42 Å². The zero-order valence-electron chi connectivity index (χ0n) is 10.4. The first-order chi connectivity index (χ1) is 7.70. The van der Waals surface area contributed by atoms with Gasteiger partial charge in [-0.05, 0) is 38.0 Å². The third-order valence-electron chi connectivity index (χ3n) is 3.59. The minimum atomic E-state index is -0.642. The molecule has 0 amide bonds. The summed E-state index contributed by atoms with van der Waals surface area (Å²) in [6.45, 7) is 3.61. The SMILES string of the molecule is CCC(N)(C#N)CCCOCC1CCCC1. The van der Waals surface area contributed by atoms with E-state index in [0.717, 1.165) is 32.0 Å². The molecule has 2 N–H and O–H groups in total. The summed E-state index contributed by atoms with van der Waals surface area (Å²) in [5.41, 5.74) is 5.24. The molecule has 3 nitrogen and oxygen atoms in total. The third kappa shape index (κ3) is 4.51. The predicted molar refractivity (Wildman–Crippen MR) is 64.8 cm³/mol. The van der Waals surface area contributed by atoms with E-state index in [2.05, 4.69) is 6.07 Å². The molecule has 1 fully saturated rings. The fourth-order valence-electron chi connectivity index (χ4n) is 2.23. The van der Waals surface area contributed by atoms with Crippen molar-refractivity contribution >= 4 is 0 Å². The zero-order chi connectivity index (χ0) is 11.9. The monoisotopic (exact) mass is 224 g/mol. The first-order valence-electron chi connectivity index (χ1n) is 6.48. The van der Waals surface area contributed by atoms with Crippen LogP contribution in [0.15, 0.2) is 0 Å². The second-order valence-corrected chi connectivity index (χ2v) is 4.95. The minimum Gasteiger partial charge on any atom is -0.381 e. The van der Waals surface area contributed by atoms with Crippen molar-refractivity contribution < 1.29 is 4.74 Å². The van der Waals surface area contributed by atoms with Crippen LogP contribution in [-0.2, 0) is 4.74 Å². The molecule has 0 bridgehead atoms. The van der Waals surface area contributed by atoms with Gasteiger partial charge in [0.05, 0.1) is 6.07 Å². The van der Waals surface area contributed by atoms with Gasteiger partial charge in [0.1, 0.15) is 5.54 Å². The largest absolute Gasteiger partial charge is 0.381 e. The molecular weight excluding hydrogens is 200 g/mol. The van der Waals surface area contributed by atoms with E-state index in [4.69, 9.17) is 15.7 Å². The van der Waals surface area contributed by atoms with Crippen LogP contribution in [0.1, 0.15) is 51.9 Å². The highest BCUT2D eigenvalue weighted by molar-refractivity contribution is 5.03. The predicted octanol–water partition coefficient (Wildman–Crippen LogP) is 2.60. The highest BCUT2D eigenvalue weighted by Gasteiger charge is 2.21. The van der Waals surface area contributed by atoms with Crippen molar-refractivity contribution in [3.63, 3.8) is 0 Å². The molecule has 0 aromatic heterocycles. The molecule has 0 aliphatic heterocycles. The summed E-state index contributed by atoms with van der Waals surface area (Å²) in [4.78, 5) is 0. The van der Waals surface area contributed by atoms with Crippen molar-refractivity contribution in [1.82, 2.24) is 0 Å². The Morgan fingerprint density at radius 3 is 2.69 bits per heavy atom. The van der Waals surface area contributed by atoms with E-state index in [1.165, 1.54) is 25.7 Å². The van der Waals surface area contributed by atoms with E-state index in [-0.39, 0.29) is 0 Å². The first kappa shape index (κ1) is 13.5. The van der Waals surface area contributed by atoms with Gasteiger partial charge in [-0.15, -0.1) is 0 Å². The molecule has 1 unspecified atom stereocenters. The van der Waals surface area contributed by atoms with Gasteiger partial charge in [-0.2, -0.15) is 5.26 Å². The molecule has 0 spiro atoms. The van der Waals surface area contributed by atoms with Crippen molar-refractivity contribution in [3.05, 3.63) is 0 Å². The van der Waals surface area contributed by atoms with Gasteiger partial charge < -0.3 is 10.5 Å². The Hall–Kier alpha value is -0.590. The first-order valence-corrected chi connectivity index (χ1v) is 6.48. The maximum absolute atomic E-state index is 8.90. The van der Waals surface area contributed by atoms with Crippen LogP contribution in [0, 0.1) is 17.2 Å². The Balaban J connectivity index is 2.01. The lowest BCUT2D eigenvalue weighted by molar-refractivity contribution is 0.0957. The lowest BCUT2D eigenvalue weighted by Gasteiger charge is -2.19. The Kier molecular flexibility index (Phi) is 5.79. The zero-order valence-corrected chi connectivity index (χ0v) is 10.4. The lowest BCUT2D eigenvalue weighted by Crippen LogP contribution is -2.37. The molecule has 0 aromatic rings. The smallest absolute Gasteiger partial charge is 0.104 e. The number of rotatable bonds is 7. The van der Waals surface area contributed by atoms with Crippen LogP contribution in [0.2, 0.25) is 0 Å². The van der Waals surface area contributed by atoms with Crippen LogP contribution in [0.3, 0.4) is 0 Å². The van der Waals surface area contributed by atoms with Crippen molar-refractivity contribution in [3.8, 4) is 6.07 Å². The molecule has 0 saturated heterocycles. The Labute approximate surface area is 99.0 Å². The standard InChI is InChI=1S/C13H24N2O/c1-2-13(15,11-14)8-5-9-16-10-12-6-3-4-7-12/h12H,2-10,15H2,1H3. The Morgan fingerprint density at radius 2 is 2.12 bits per heavy atom. The summed E-state index contributed by atoms with van der Waals surface area (Å²) >= 11 is 0. The lowest BCUT2D eigenvalue weighted by atomic mass is 9.94. The molecule has 1 aliphatic rings. The van der Waals surface area contributed by atoms with Crippen LogP contribution in [0.25, 0.3) is 0 Å². The molecule has 1 aliphatic carbocycles. The van der Waals surface area contributed by atoms with Crippen LogP contribution >= 0.6 is 0 Å². The van der Waals surface area contributed by atoms with Gasteiger partial charge in [0.2, 0.25) is 0 Å². The quantitative estimate of drug-likeness (QED) is 0.676. The second-order valence-electron chi connectivity index (χ2n) is 4.95. The van der Waals surface area contributed by atoms with Gasteiger partial charge in [-0.3, -0.25) is 0 Å². The van der Waals surface area contributed by atoms with E-state index >= 15 is 0 Å². The molecule has 1 atom stereocenters. The average molecular weight is 224 g/mol. The molecule has 3 heteroatoms. The van der Waals surface area contributed by atoms with Crippen LogP contribution in [0.4, 0.5) is 0 Å². The third-order valence-corrected chi connectivity index (χ3v) is 3.59. The van der Waals surface area contributed by atoms with Crippen molar-refractivity contribution in [2.45, 2.75) is 57.4 Å². The van der Waals surface area contributed by atoms with Gasteiger partial charge in [0, 0.05) is 13.2 Å². The van der Waals surface area contributed by atoms with Gasteiger partial charge in [0.15, 0.2) is 0 Å². The van der Waals surface area contributed by atoms with Gasteiger partial charge in [-0.1, -0.05) is 19.8 Å². The number of nitriles is 1. The van der Waals surface area contributed by atoms with Crippen LogP contribution < -0.4 is 5.73 Å². The number of nitrogens with two attached hydrogens (primary N) is 1. The molecule has 1 rings (SSSR count). The maximum Gasteiger partial charge on any atom is 0.104 e. The fourth-order valence-corrected chi connectivity index (χ4v) is 2.23. The van der Waals surface area contributed by atoms with E-state index in [1.807, 2.05) is 6.92 Å². The normalized spacial score (nSPS) is 20.6. The highest BCUT2D eigenvalue weighted by atomic mass is 16.5. The summed E-state index contributed by atoms with van der Waals surface area (Å²) in [7, 11) is 0. The fraction of sp³-hybridized carbons (Fsp3) is 0.923. The number of hydrogen-bond acceptors (Lipinski definition) is 3. The summed E-state index contributed by atoms with van der Waals surface area (Å²) in [5, 5.41) is 8.90. The second kappa shape index (κ2) is 6.88. The number of nitrogens with zero attached hydrogens (tertiary/aromatic N) is 1. The summed E-state index contributed by atoms with van der Waals surface area (Å²) in [6, 6.07) is 2.18. The topological polar surface area (TPSA) is 59.0 Å². The summed E-state index contributed by atoms with van der Waals surface area (Å²) in [5.74, 6) is 0.782.